The van der Waals surface area contributed by atoms with Crippen molar-refractivity contribution in [2.75, 3.05) is 18.0 Å². The third-order valence-electron chi connectivity index (χ3n) is 4.13. The van der Waals surface area contributed by atoms with Crippen molar-refractivity contribution in [3.05, 3.63) is 66.0 Å². The molecule has 0 unspecified atom stereocenters. The molecule has 3 nitrogen and oxygen atoms in total. The van der Waals surface area contributed by atoms with Crippen molar-refractivity contribution in [3.63, 3.8) is 0 Å². The summed E-state index contributed by atoms with van der Waals surface area (Å²) < 4.78 is 13.2. The molecule has 1 saturated heterocycles. The van der Waals surface area contributed by atoms with E-state index in [1.807, 2.05) is 30.3 Å². The number of nitrogens with zero attached hydrogens (tertiary/aromatic N) is 2. The number of para-hydroxylation sites is 1. The average Bonchev–Trinajstić information content (AvgIpc) is 2.64. The van der Waals surface area contributed by atoms with Crippen molar-refractivity contribution in [3.8, 4) is 0 Å². The minimum atomic E-state index is -0.364. The van der Waals surface area contributed by atoms with Gasteiger partial charge >= 0.3 is 0 Å². The molecule has 124 valence electrons. The lowest BCUT2D eigenvalue weighted by molar-refractivity contribution is 0.0999. The fourth-order valence-corrected chi connectivity index (χ4v) is 3.21. The van der Waals surface area contributed by atoms with Crippen molar-refractivity contribution in [2.24, 2.45) is 0 Å². The summed E-state index contributed by atoms with van der Waals surface area (Å²) in [7, 11) is 0. The number of likely N-dealkylation sites (tertiary alicyclic amines) is 1. The molecule has 2 aromatic rings. The van der Waals surface area contributed by atoms with E-state index in [0.717, 1.165) is 31.6 Å². The summed E-state index contributed by atoms with van der Waals surface area (Å²) in [6.07, 6.45) is 3.34. The van der Waals surface area contributed by atoms with Crippen molar-refractivity contribution in [1.82, 2.24) is 4.90 Å². The van der Waals surface area contributed by atoms with Crippen LogP contribution >= 0.6 is 12.2 Å². The molecule has 0 radical (unpaired) electrons. The highest BCUT2D eigenvalue weighted by Crippen LogP contribution is 2.21. The summed E-state index contributed by atoms with van der Waals surface area (Å²) >= 11 is 5.64. The Kier molecular flexibility index (Phi) is 5.20. The van der Waals surface area contributed by atoms with Gasteiger partial charge in [-0.25, -0.2) is 4.39 Å². The Bertz CT molecular complexity index is 712. The summed E-state index contributed by atoms with van der Waals surface area (Å²) in [4.78, 5) is 16.7. The number of piperidine rings is 1. The monoisotopic (exact) mass is 342 g/mol. The minimum Gasteiger partial charge on any atom is -0.348 e. The molecule has 1 fully saturated rings. The van der Waals surface area contributed by atoms with E-state index in [9.17, 15) is 9.18 Å². The molecule has 1 amide bonds. The highest BCUT2D eigenvalue weighted by Gasteiger charge is 2.26. The predicted molar refractivity (Wildman–Crippen MR) is 97.7 cm³/mol. The van der Waals surface area contributed by atoms with Crippen LogP contribution in [0.2, 0.25) is 0 Å². The Hall–Kier alpha value is -2.27. The van der Waals surface area contributed by atoms with Crippen LogP contribution < -0.4 is 4.90 Å². The van der Waals surface area contributed by atoms with Crippen LogP contribution in [0, 0.1) is 5.82 Å². The molecule has 0 saturated carbocycles. The van der Waals surface area contributed by atoms with Gasteiger partial charge < -0.3 is 4.90 Å². The smallest absolute Gasteiger partial charge is 0.264 e. The molecule has 24 heavy (non-hydrogen) atoms. The minimum absolute atomic E-state index is 0.239. The summed E-state index contributed by atoms with van der Waals surface area (Å²) in [5.74, 6) is -0.604. The van der Waals surface area contributed by atoms with E-state index in [1.54, 1.807) is 4.90 Å². The Balaban J connectivity index is 1.94. The Morgan fingerprint density at radius 3 is 2.21 bits per heavy atom. The van der Waals surface area contributed by atoms with Gasteiger partial charge in [0.15, 0.2) is 5.11 Å². The maximum absolute atomic E-state index is 13.2. The first-order chi connectivity index (χ1) is 11.7. The number of hydrogen-bond acceptors (Lipinski definition) is 2. The second kappa shape index (κ2) is 7.53. The van der Waals surface area contributed by atoms with Crippen LogP contribution in [-0.2, 0) is 0 Å². The maximum Gasteiger partial charge on any atom is 0.264 e. The largest absolute Gasteiger partial charge is 0.348 e. The second-order valence-corrected chi connectivity index (χ2v) is 6.18. The molecule has 0 aliphatic carbocycles. The molecular formula is C19H19FN2OS. The zero-order valence-corrected chi connectivity index (χ0v) is 14.1. The highest BCUT2D eigenvalue weighted by atomic mass is 32.1. The van der Waals surface area contributed by atoms with Crippen LogP contribution in [0.1, 0.15) is 29.6 Å². The average molecular weight is 342 g/mol. The lowest BCUT2D eigenvalue weighted by Gasteiger charge is -2.34. The van der Waals surface area contributed by atoms with Crippen LogP contribution in [0.15, 0.2) is 54.6 Å². The molecule has 5 heteroatoms. The van der Waals surface area contributed by atoms with Gasteiger partial charge in [0.25, 0.3) is 5.91 Å². The molecule has 0 aromatic heterocycles. The third kappa shape index (κ3) is 3.62. The highest BCUT2D eigenvalue weighted by molar-refractivity contribution is 7.80. The van der Waals surface area contributed by atoms with Gasteiger partial charge in [0.05, 0.1) is 5.69 Å². The number of benzene rings is 2. The molecule has 3 rings (SSSR count). The SMILES string of the molecule is O=C(c1ccc(F)cc1)N(C(=S)N1CCCCC1)c1ccccc1. The van der Waals surface area contributed by atoms with E-state index < -0.39 is 0 Å². The molecule has 0 atom stereocenters. The lowest BCUT2D eigenvalue weighted by atomic mass is 10.1. The zero-order chi connectivity index (χ0) is 16.9. The number of amides is 1. The summed E-state index contributed by atoms with van der Waals surface area (Å²) in [5.41, 5.74) is 1.14. The second-order valence-electron chi connectivity index (χ2n) is 5.81. The number of halogens is 1. The van der Waals surface area contributed by atoms with Gasteiger partial charge in [-0.2, -0.15) is 0 Å². The zero-order valence-electron chi connectivity index (χ0n) is 13.3. The van der Waals surface area contributed by atoms with Crippen LogP contribution in [0.25, 0.3) is 0 Å². The van der Waals surface area contributed by atoms with Crippen LogP contribution in [-0.4, -0.2) is 29.0 Å². The van der Waals surface area contributed by atoms with Gasteiger partial charge in [-0.05, 0) is 67.9 Å². The Morgan fingerprint density at radius 1 is 0.958 bits per heavy atom. The molecule has 0 N–H and O–H groups in total. The number of hydrogen-bond donors (Lipinski definition) is 0. The van der Waals surface area contributed by atoms with E-state index in [2.05, 4.69) is 4.90 Å². The summed E-state index contributed by atoms with van der Waals surface area (Å²) in [6.45, 7) is 1.72. The molecule has 0 bridgehead atoms. The van der Waals surface area contributed by atoms with Gasteiger partial charge in [0.2, 0.25) is 0 Å². The van der Waals surface area contributed by atoms with Crippen molar-refractivity contribution in [2.45, 2.75) is 19.3 Å². The predicted octanol–water partition coefficient (Wildman–Crippen LogP) is 4.24. The molecule has 2 aromatic carbocycles. The van der Waals surface area contributed by atoms with Crippen molar-refractivity contribution < 1.29 is 9.18 Å². The first kappa shape index (κ1) is 16.6. The maximum atomic E-state index is 13.2. The molecular weight excluding hydrogens is 323 g/mol. The number of carbonyl (C=O) groups excluding carboxylic acids is 1. The lowest BCUT2D eigenvalue weighted by Crippen LogP contribution is -2.48. The molecule has 1 aliphatic rings. The Labute approximate surface area is 146 Å². The first-order valence-electron chi connectivity index (χ1n) is 8.11. The van der Waals surface area contributed by atoms with Crippen molar-refractivity contribution in [1.29, 1.82) is 0 Å². The standard InChI is InChI=1S/C19H19FN2OS/c20-16-11-9-15(10-12-16)18(23)22(17-7-3-1-4-8-17)19(24)21-13-5-2-6-14-21/h1,3-4,7-12H,2,5-6,13-14H2. The van der Waals surface area contributed by atoms with Gasteiger partial charge in [0.1, 0.15) is 5.82 Å². The third-order valence-corrected chi connectivity index (χ3v) is 4.57. The van der Waals surface area contributed by atoms with Crippen LogP contribution in [0.5, 0.6) is 0 Å². The van der Waals surface area contributed by atoms with E-state index >= 15 is 0 Å². The Morgan fingerprint density at radius 2 is 1.58 bits per heavy atom. The topological polar surface area (TPSA) is 23.6 Å². The van der Waals surface area contributed by atoms with E-state index in [4.69, 9.17) is 12.2 Å². The summed E-state index contributed by atoms with van der Waals surface area (Å²) in [5, 5.41) is 0.509. The first-order valence-corrected chi connectivity index (χ1v) is 8.51. The van der Waals surface area contributed by atoms with E-state index in [0.29, 0.717) is 10.7 Å². The summed E-state index contributed by atoms with van der Waals surface area (Å²) in [6, 6.07) is 14.9. The van der Waals surface area contributed by atoms with Crippen molar-refractivity contribution >= 4 is 28.9 Å². The van der Waals surface area contributed by atoms with E-state index in [-0.39, 0.29) is 11.7 Å². The number of anilines is 1. The van der Waals surface area contributed by atoms with Gasteiger partial charge in [-0.3, -0.25) is 9.69 Å². The number of rotatable bonds is 2. The molecule has 1 heterocycles. The van der Waals surface area contributed by atoms with Crippen LogP contribution in [0.3, 0.4) is 0 Å². The van der Waals surface area contributed by atoms with Gasteiger partial charge in [-0.15, -0.1) is 0 Å². The fourth-order valence-electron chi connectivity index (χ4n) is 2.84. The van der Waals surface area contributed by atoms with Gasteiger partial charge in [0, 0.05) is 18.7 Å². The molecule has 1 aliphatic heterocycles. The molecule has 0 spiro atoms. The van der Waals surface area contributed by atoms with Crippen LogP contribution in [0.4, 0.5) is 10.1 Å². The number of carbonyl (C=O) groups is 1. The van der Waals surface area contributed by atoms with E-state index in [1.165, 1.54) is 30.7 Å². The number of thiocarbonyl (C=S) groups is 1. The quantitative estimate of drug-likeness (QED) is 0.763. The van der Waals surface area contributed by atoms with Gasteiger partial charge in [-0.1, -0.05) is 18.2 Å². The fraction of sp³-hybridized carbons (Fsp3) is 0.263. The normalized spacial score (nSPS) is 14.3.